The monoisotopic (exact) mass is 314 g/mol. The van der Waals surface area contributed by atoms with Gasteiger partial charge in [0.05, 0.1) is 0 Å². The van der Waals surface area contributed by atoms with Gasteiger partial charge in [0.2, 0.25) is 0 Å². The van der Waals surface area contributed by atoms with Gasteiger partial charge >= 0.3 is 6.16 Å². The molecule has 0 radical (unpaired) electrons. The fourth-order valence-corrected chi connectivity index (χ4v) is 5.10. The first kappa shape index (κ1) is 15.0. The van der Waals surface area contributed by atoms with Crippen molar-refractivity contribution in [2.45, 2.75) is 71.5 Å². The van der Waals surface area contributed by atoms with Gasteiger partial charge in [-0.2, -0.15) is 0 Å². The van der Waals surface area contributed by atoms with E-state index in [-0.39, 0.29) is 16.9 Å². The normalized spacial score (nSPS) is 43.4. The lowest BCUT2D eigenvalue weighted by Gasteiger charge is -2.51. The molecular formula is C20H26O3. The van der Waals surface area contributed by atoms with Gasteiger partial charge in [0.25, 0.3) is 0 Å². The molecule has 1 spiro atoms. The van der Waals surface area contributed by atoms with Crippen LogP contribution in [0.15, 0.2) is 34.9 Å². The van der Waals surface area contributed by atoms with Crippen LogP contribution in [0.4, 0.5) is 4.79 Å². The van der Waals surface area contributed by atoms with Gasteiger partial charge in [0, 0.05) is 11.8 Å². The number of allylic oxidation sites excluding steroid dienone is 3. The third-order valence-electron chi connectivity index (χ3n) is 6.61. The fourth-order valence-electron chi connectivity index (χ4n) is 5.10. The van der Waals surface area contributed by atoms with Crippen molar-refractivity contribution in [3.05, 3.63) is 34.9 Å². The summed E-state index contributed by atoms with van der Waals surface area (Å²) in [5, 5.41) is 0. The fraction of sp³-hybridized carbons (Fsp3) is 0.650. The summed E-state index contributed by atoms with van der Waals surface area (Å²) in [6.45, 7) is 8.84. The van der Waals surface area contributed by atoms with Crippen LogP contribution in [0.1, 0.15) is 59.8 Å². The van der Waals surface area contributed by atoms with Crippen molar-refractivity contribution >= 4 is 6.16 Å². The molecule has 0 unspecified atom stereocenters. The Kier molecular flexibility index (Phi) is 2.96. The first-order valence-electron chi connectivity index (χ1n) is 8.76. The van der Waals surface area contributed by atoms with E-state index in [1.54, 1.807) is 0 Å². The molecule has 1 heterocycles. The molecule has 1 aliphatic heterocycles. The van der Waals surface area contributed by atoms with Gasteiger partial charge in [0.1, 0.15) is 0 Å². The van der Waals surface area contributed by atoms with Crippen LogP contribution in [0.2, 0.25) is 0 Å². The highest BCUT2D eigenvalue weighted by atomic mass is 16.8. The molecule has 0 aromatic heterocycles. The van der Waals surface area contributed by atoms with E-state index in [1.807, 2.05) is 0 Å². The maximum atomic E-state index is 12.2. The van der Waals surface area contributed by atoms with E-state index in [4.69, 9.17) is 9.47 Å². The maximum absolute atomic E-state index is 12.2. The van der Waals surface area contributed by atoms with Crippen LogP contribution in [0, 0.1) is 10.8 Å². The second-order valence-electron chi connectivity index (χ2n) is 8.51. The van der Waals surface area contributed by atoms with Crippen LogP contribution in [0.3, 0.4) is 0 Å². The van der Waals surface area contributed by atoms with E-state index in [0.717, 1.165) is 25.7 Å². The second kappa shape index (κ2) is 4.52. The Morgan fingerprint density at radius 1 is 1.22 bits per heavy atom. The van der Waals surface area contributed by atoms with E-state index in [2.05, 4.69) is 45.9 Å². The summed E-state index contributed by atoms with van der Waals surface area (Å²) in [6.07, 6.45) is 11.4. The van der Waals surface area contributed by atoms with Crippen LogP contribution in [-0.2, 0) is 9.47 Å². The summed E-state index contributed by atoms with van der Waals surface area (Å²) in [5.41, 5.74) is 3.13. The van der Waals surface area contributed by atoms with Crippen LogP contribution >= 0.6 is 0 Å². The van der Waals surface area contributed by atoms with Crippen LogP contribution in [0.5, 0.6) is 0 Å². The lowest BCUT2D eigenvalue weighted by molar-refractivity contribution is -0.0486. The number of carbonyl (C=O) groups is 1. The number of ether oxygens (including phenoxy) is 2. The largest absolute Gasteiger partial charge is 0.509 e. The Labute approximate surface area is 138 Å². The highest BCUT2D eigenvalue weighted by Gasteiger charge is 2.64. The third-order valence-corrected chi connectivity index (χ3v) is 6.61. The number of hydrogen-bond acceptors (Lipinski definition) is 3. The van der Waals surface area contributed by atoms with Crippen molar-refractivity contribution in [2.24, 2.45) is 10.8 Å². The molecule has 3 atom stereocenters. The molecule has 3 nitrogen and oxygen atoms in total. The molecule has 3 heteroatoms. The van der Waals surface area contributed by atoms with Crippen molar-refractivity contribution < 1.29 is 14.3 Å². The van der Waals surface area contributed by atoms with Crippen LogP contribution < -0.4 is 0 Å². The summed E-state index contributed by atoms with van der Waals surface area (Å²) < 4.78 is 11.7. The molecule has 2 bridgehead atoms. The SMILES string of the molecule is CC1=CC(C)(C)[C@@]23C/C1=C\C[C@]1(C)CCCC=C1[C@@H]2OC(=O)O3. The Morgan fingerprint density at radius 3 is 2.78 bits per heavy atom. The molecular weight excluding hydrogens is 288 g/mol. The Bertz CT molecular complexity index is 666. The van der Waals surface area contributed by atoms with E-state index in [0.29, 0.717) is 0 Å². The number of fused-ring (bicyclic) bond motifs is 3. The Morgan fingerprint density at radius 2 is 2.00 bits per heavy atom. The molecule has 1 fully saturated rings. The van der Waals surface area contributed by atoms with Gasteiger partial charge in [-0.15, -0.1) is 0 Å². The van der Waals surface area contributed by atoms with Crippen molar-refractivity contribution in [3.63, 3.8) is 0 Å². The van der Waals surface area contributed by atoms with E-state index >= 15 is 0 Å². The van der Waals surface area contributed by atoms with Gasteiger partial charge in [-0.3, -0.25) is 0 Å². The first-order valence-corrected chi connectivity index (χ1v) is 8.76. The van der Waals surface area contributed by atoms with Crippen molar-refractivity contribution in [1.29, 1.82) is 0 Å². The van der Waals surface area contributed by atoms with Gasteiger partial charge in [-0.05, 0) is 49.2 Å². The molecule has 1 saturated heterocycles. The third kappa shape index (κ3) is 1.91. The van der Waals surface area contributed by atoms with E-state index in [9.17, 15) is 4.79 Å². The van der Waals surface area contributed by atoms with E-state index < -0.39 is 11.8 Å². The lowest BCUT2D eigenvalue weighted by Crippen LogP contribution is -2.56. The molecule has 0 aromatic rings. The number of hydrogen-bond donors (Lipinski definition) is 0. The molecule has 124 valence electrons. The summed E-state index contributed by atoms with van der Waals surface area (Å²) in [5.74, 6) is 0. The standard InChI is InChI=1S/C20H26O3/c1-13-11-18(2,3)20-12-14(13)8-10-19(4)9-6-5-7-15(19)16(20)22-17(21)23-20/h7-8,11,16H,5-6,9-10,12H2,1-4H3/b14-8+/t16-,19-,20+/m0/s1. The molecule has 0 aromatic carbocycles. The predicted octanol–water partition coefficient (Wildman–Crippen LogP) is 5.08. The minimum atomic E-state index is -0.611. The zero-order valence-corrected chi connectivity index (χ0v) is 14.6. The summed E-state index contributed by atoms with van der Waals surface area (Å²) in [7, 11) is 0. The van der Waals surface area contributed by atoms with Gasteiger partial charge in [-0.1, -0.05) is 44.6 Å². The van der Waals surface area contributed by atoms with Crippen molar-refractivity contribution in [3.8, 4) is 0 Å². The first-order chi connectivity index (χ1) is 10.8. The quantitative estimate of drug-likeness (QED) is 0.462. The van der Waals surface area contributed by atoms with Gasteiger partial charge in [0.15, 0.2) is 11.7 Å². The summed E-state index contributed by atoms with van der Waals surface area (Å²) in [4.78, 5) is 12.2. The van der Waals surface area contributed by atoms with Gasteiger partial charge in [-0.25, -0.2) is 4.79 Å². The second-order valence-corrected chi connectivity index (χ2v) is 8.51. The Balaban J connectivity index is 1.97. The minimum Gasteiger partial charge on any atom is -0.422 e. The molecule has 23 heavy (non-hydrogen) atoms. The molecule has 0 N–H and O–H groups in total. The zero-order chi connectivity index (χ0) is 16.5. The van der Waals surface area contributed by atoms with Crippen molar-refractivity contribution in [1.82, 2.24) is 0 Å². The van der Waals surface area contributed by atoms with Gasteiger partial charge < -0.3 is 9.47 Å². The average molecular weight is 314 g/mol. The lowest BCUT2D eigenvalue weighted by atomic mass is 9.56. The molecule has 0 amide bonds. The molecule has 3 aliphatic carbocycles. The highest BCUT2D eigenvalue weighted by molar-refractivity contribution is 5.66. The topological polar surface area (TPSA) is 35.5 Å². The molecule has 0 saturated carbocycles. The zero-order valence-electron chi connectivity index (χ0n) is 14.6. The smallest absolute Gasteiger partial charge is 0.422 e. The molecule has 4 rings (SSSR count). The minimum absolute atomic E-state index is 0.0709. The van der Waals surface area contributed by atoms with E-state index in [1.165, 1.54) is 23.1 Å². The van der Waals surface area contributed by atoms with Crippen LogP contribution in [0.25, 0.3) is 0 Å². The van der Waals surface area contributed by atoms with Crippen LogP contribution in [-0.4, -0.2) is 17.9 Å². The summed E-state index contributed by atoms with van der Waals surface area (Å²) in [6, 6.07) is 0. The average Bonchev–Trinajstić information content (AvgIpc) is 2.78. The predicted molar refractivity (Wildman–Crippen MR) is 89.0 cm³/mol. The molecule has 4 aliphatic rings. The summed E-state index contributed by atoms with van der Waals surface area (Å²) >= 11 is 0. The highest BCUT2D eigenvalue weighted by Crippen LogP contribution is 2.58. The maximum Gasteiger partial charge on any atom is 0.509 e. The van der Waals surface area contributed by atoms with Crippen molar-refractivity contribution in [2.75, 3.05) is 0 Å². The number of carbonyl (C=O) groups excluding carboxylic acids is 1. The number of rotatable bonds is 0. The Hall–Kier alpha value is -1.51.